The van der Waals surface area contributed by atoms with Crippen LogP contribution in [-0.2, 0) is 10.9 Å². The van der Waals surface area contributed by atoms with Crippen molar-refractivity contribution in [3.63, 3.8) is 0 Å². The van der Waals surface area contributed by atoms with Crippen LogP contribution in [0.2, 0.25) is 0 Å². The molecule has 196 valence electrons. The van der Waals surface area contributed by atoms with E-state index in [1.807, 2.05) is 0 Å². The molecule has 0 amide bonds. The van der Waals surface area contributed by atoms with E-state index in [2.05, 4.69) is 20.4 Å². The normalized spacial score (nSPS) is 25.2. The molecule has 2 aliphatic heterocycles. The predicted octanol–water partition coefficient (Wildman–Crippen LogP) is 5.00. The van der Waals surface area contributed by atoms with Crippen molar-refractivity contribution < 1.29 is 31.4 Å². The molecule has 11 heteroatoms. The number of aromatic nitrogens is 2. The number of alkyl halides is 3. The molecular formula is C25H29F5N4O2. The Bertz CT molecular complexity index is 1080. The third-order valence-corrected chi connectivity index (χ3v) is 7.64. The van der Waals surface area contributed by atoms with Crippen molar-refractivity contribution in [3.8, 4) is 17.0 Å². The van der Waals surface area contributed by atoms with E-state index in [1.54, 1.807) is 0 Å². The van der Waals surface area contributed by atoms with Gasteiger partial charge in [0.2, 0.25) is 0 Å². The van der Waals surface area contributed by atoms with Gasteiger partial charge in [-0.3, -0.25) is 0 Å². The zero-order chi connectivity index (χ0) is 25.4. The Morgan fingerprint density at radius 1 is 1.03 bits per heavy atom. The van der Waals surface area contributed by atoms with E-state index in [0.29, 0.717) is 23.8 Å². The van der Waals surface area contributed by atoms with Gasteiger partial charge in [0.15, 0.2) is 17.4 Å². The summed E-state index contributed by atoms with van der Waals surface area (Å²) >= 11 is 0. The lowest BCUT2D eigenvalue weighted by atomic mass is 10.00. The quantitative estimate of drug-likeness (QED) is 0.550. The fraction of sp³-hybridized carbons (Fsp3) is 0.600. The minimum absolute atomic E-state index is 0.151. The Balaban J connectivity index is 1.28. The van der Waals surface area contributed by atoms with Crippen molar-refractivity contribution in [2.24, 2.45) is 17.8 Å². The third kappa shape index (κ3) is 5.27. The van der Waals surface area contributed by atoms with Crippen LogP contribution in [0.4, 0.5) is 27.8 Å². The van der Waals surface area contributed by atoms with Crippen LogP contribution in [0.3, 0.4) is 0 Å². The molecule has 6 nitrogen and oxygen atoms in total. The smallest absolute Gasteiger partial charge is 0.420 e. The summed E-state index contributed by atoms with van der Waals surface area (Å²) in [6.07, 6.45) is -1.07. The van der Waals surface area contributed by atoms with Gasteiger partial charge in [0.05, 0.1) is 12.8 Å². The van der Waals surface area contributed by atoms with Gasteiger partial charge < -0.3 is 19.7 Å². The Morgan fingerprint density at radius 2 is 1.72 bits per heavy atom. The van der Waals surface area contributed by atoms with Crippen molar-refractivity contribution >= 4 is 5.82 Å². The molecule has 1 aromatic heterocycles. The first-order chi connectivity index (χ1) is 17.2. The molecule has 1 aliphatic carbocycles. The Kier molecular flexibility index (Phi) is 7.04. The predicted molar refractivity (Wildman–Crippen MR) is 123 cm³/mol. The Hall–Kier alpha value is -2.53. The van der Waals surface area contributed by atoms with Gasteiger partial charge in [-0.2, -0.15) is 13.2 Å². The van der Waals surface area contributed by atoms with Crippen LogP contribution in [0.15, 0.2) is 18.2 Å². The summed E-state index contributed by atoms with van der Waals surface area (Å²) in [5, 5.41) is 10.5. The largest absolute Gasteiger partial charge is 0.494 e. The molecule has 0 unspecified atom stereocenters. The number of ether oxygens (including phenoxy) is 2. The second kappa shape index (κ2) is 10.1. The van der Waals surface area contributed by atoms with Crippen molar-refractivity contribution in [1.29, 1.82) is 0 Å². The number of likely N-dealkylation sites (tertiary alicyclic amines) is 1. The first-order valence-electron chi connectivity index (χ1n) is 12.3. The van der Waals surface area contributed by atoms with Gasteiger partial charge in [0.25, 0.3) is 0 Å². The summed E-state index contributed by atoms with van der Waals surface area (Å²) in [5.74, 6) is -1.08. The van der Waals surface area contributed by atoms with Gasteiger partial charge in [0.1, 0.15) is 11.4 Å². The minimum Gasteiger partial charge on any atom is -0.494 e. The molecule has 0 radical (unpaired) electrons. The summed E-state index contributed by atoms with van der Waals surface area (Å²) in [5.41, 5.74) is -1.88. The van der Waals surface area contributed by atoms with Crippen LogP contribution in [0.1, 0.15) is 31.2 Å². The van der Waals surface area contributed by atoms with Gasteiger partial charge in [0, 0.05) is 50.5 Å². The molecule has 3 aliphatic rings. The second-order valence-electron chi connectivity index (χ2n) is 10.1. The molecule has 5 rings (SSSR count). The lowest BCUT2D eigenvalue weighted by Gasteiger charge is -2.28. The van der Waals surface area contributed by atoms with Gasteiger partial charge in [-0.25, -0.2) is 8.78 Å². The van der Waals surface area contributed by atoms with E-state index >= 15 is 0 Å². The summed E-state index contributed by atoms with van der Waals surface area (Å²) in [4.78, 5) is 2.49. The number of nitrogens with one attached hydrogen (secondary N) is 1. The lowest BCUT2D eigenvalue weighted by molar-refractivity contribution is -0.137. The number of methoxy groups -OCH3 is 1. The molecule has 2 aromatic rings. The van der Waals surface area contributed by atoms with Crippen molar-refractivity contribution in [3.05, 3.63) is 35.4 Å². The monoisotopic (exact) mass is 512 g/mol. The summed E-state index contributed by atoms with van der Waals surface area (Å²) in [7, 11) is 1.17. The molecule has 3 fully saturated rings. The van der Waals surface area contributed by atoms with Crippen LogP contribution < -0.4 is 10.1 Å². The maximum absolute atomic E-state index is 14.4. The molecule has 1 saturated carbocycles. The Morgan fingerprint density at radius 3 is 2.36 bits per heavy atom. The third-order valence-electron chi connectivity index (χ3n) is 7.64. The highest BCUT2D eigenvalue weighted by atomic mass is 19.4. The van der Waals surface area contributed by atoms with E-state index in [9.17, 15) is 22.0 Å². The fourth-order valence-electron chi connectivity index (χ4n) is 5.88. The lowest BCUT2D eigenvalue weighted by Crippen LogP contribution is -2.32. The average molecular weight is 513 g/mol. The van der Waals surface area contributed by atoms with Crippen LogP contribution in [0, 0.1) is 29.4 Å². The number of anilines is 1. The van der Waals surface area contributed by atoms with Crippen molar-refractivity contribution in [2.45, 2.75) is 37.9 Å². The van der Waals surface area contributed by atoms with E-state index in [1.165, 1.54) is 7.11 Å². The first-order valence-corrected chi connectivity index (χ1v) is 12.3. The van der Waals surface area contributed by atoms with Gasteiger partial charge in [-0.1, -0.05) is 0 Å². The summed E-state index contributed by atoms with van der Waals surface area (Å²) in [6.45, 7) is 4.61. The molecule has 1 aromatic carbocycles. The first kappa shape index (κ1) is 25.1. The zero-order valence-corrected chi connectivity index (χ0v) is 20.0. The summed E-state index contributed by atoms with van der Waals surface area (Å²) < 4.78 is 80.4. The number of hydrogen-bond acceptors (Lipinski definition) is 6. The number of fused-ring (bicyclic) bond motifs is 1. The van der Waals surface area contributed by atoms with Crippen molar-refractivity contribution in [1.82, 2.24) is 15.1 Å². The number of rotatable bonds is 6. The fourth-order valence-corrected chi connectivity index (χ4v) is 5.88. The van der Waals surface area contributed by atoms with Crippen LogP contribution in [0.25, 0.3) is 11.3 Å². The standard InChI is InChI=1S/C25H29F5N4O2/c1-35-23-10-20(26)18(8-21(23)27)22-9-19(25(28,29)30)24(33-32-22)31-17-6-15-12-34(13-16(15)7-17)11-14-2-4-36-5-3-14/h8-10,14-17H,2-7,11-13H2,1H3,(H,31,33)/t15-,16+,17-. The molecule has 36 heavy (non-hydrogen) atoms. The van der Waals surface area contributed by atoms with Gasteiger partial charge in [-0.05, 0) is 55.6 Å². The maximum Gasteiger partial charge on any atom is 0.420 e. The number of nitrogens with zero attached hydrogens (tertiary/aromatic N) is 3. The number of benzene rings is 1. The highest BCUT2D eigenvalue weighted by Gasteiger charge is 2.43. The Labute approximate surface area is 206 Å². The van der Waals surface area contributed by atoms with E-state index in [4.69, 9.17) is 9.47 Å². The van der Waals surface area contributed by atoms with Gasteiger partial charge >= 0.3 is 6.18 Å². The van der Waals surface area contributed by atoms with Crippen LogP contribution in [0.5, 0.6) is 5.75 Å². The molecule has 0 spiro atoms. The molecular weight excluding hydrogens is 483 g/mol. The van der Waals surface area contributed by atoms with Crippen LogP contribution >= 0.6 is 0 Å². The average Bonchev–Trinajstić information content (AvgIpc) is 3.38. The van der Waals surface area contributed by atoms with Crippen LogP contribution in [-0.4, -0.2) is 61.1 Å². The highest BCUT2D eigenvalue weighted by Crippen LogP contribution is 2.42. The molecule has 2 saturated heterocycles. The summed E-state index contributed by atoms with van der Waals surface area (Å²) in [6, 6.07) is 2.09. The topological polar surface area (TPSA) is 59.5 Å². The SMILES string of the molecule is COc1cc(F)c(-c2cc(C(F)(F)F)c(N[C@@H]3C[C@@H]4CN(CC5CCOCC5)C[C@@H]4C3)nn2)cc1F. The zero-order valence-electron chi connectivity index (χ0n) is 20.0. The number of hydrogen-bond donors (Lipinski definition) is 1. The van der Waals surface area contributed by atoms with E-state index in [0.717, 1.165) is 70.7 Å². The van der Waals surface area contributed by atoms with Gasteiger partial charge in [-0.15, -0.1) is 10.2 Å². The molecule has 3 heterocycles. The minimum atomic E-state index is -4.75. The number of halogens is 5. The molecule has 3 atom stereocenters. The van der Waals surface area contributed by atoms with Crippen molar-refractivity contribution in [2.75, 3.05) is 45.3 Å². The van der Waals surface area contributed by atoms with E-state index in [-0.39, 0.29) is 17.6 Å². The second-order valence-corrected chi connectivity index (χ2v) is 10.1. The maximum atomic E-state index is 14.4. The van der Waals surface area contributed by atoms with E-state index < -0.39 is 34.6 Å². The highest BCUT2D eigenvalue weighted by molar-refractivity contribution is 5.64. The molecule has 1 N–H and O–H groups in total. The molecule has 0 bridgehead atoms.